The third-order valence-electron chi connectivity index (χ3n) is 3.17. The molecule has 1 atom stereocenters. The van der Waals surface area contributed by atoms with Gasteiger partial charge in [0, 0.05) is 38.1 Å². The van der Waals surface area contributed by atoms with Crippen LogP contribution in [0.3, 0.4) is 0 Å². The first-order chi connectivity index (χ1) is 9.22. The first-order valence-electron chi connectivity index (χ1n) is 7.02. The van der Waals surface area contributed by atoms with Gasteiger partial charge < -0.3 is 5.32 Å². The van der Waals surface area contributed by atoms with Gasteiger partial charge in [-0.05, 0) is 32.4 Å². The number of hydrogen-bond acceptors (Lipinski definition) is 3. The van der Waals surface area contributed by atoms with E-state index in [0.717, 1.165) is 37.4 Å². The number of nitrogens with one attached hydrogen (secondary N) is 1. The molecule has 0 saturated carbocycles. The van der Waals surface area contributed by atoms with Gasteiger partial charge in [0.05, 0.1) is 11.4 Å². The van der Waals surface area contributed by atoms with Crippen LogP contribution in [0.2, 0.25) is 0 Å². The molecule has 5 nitrogen and oxygen atoms in total. The van der Waals surface area contributed by atoms with Crippen molar-refractivity contribution in [1.29, 1.82) is 0 Å². The van der Waals surface area contributed by atoms with E-state index < -0.39 is 0 Å². The second kappa shape index (κ2) is 6.52. The van der Waals surface area contributed by atoms with Crippen molar-refractivity contribution in [3.63, 3.8) is 0 Å². The van der Waals surface area contributed by atoms with Gasteiger partial charge in [-0.15, -0.1) is 0 Å². The monoisotopic (exact) mass is 261 g/mol. The molecule has 0 fully saturated rings. The number of nitrogens with zero attached hydrogens (tertiary/aromatic N) is 4. The van der Waals surface area contributed by atoms with Crippen LogP contribution in [-0.4, -0.2) is 19.6 Å². The van der Waals surface area contributed by atoms with Crippen LogP contribution in [0.1, 0.15) is 44.6 Å². The molecule has 2 heterocycles. The maximum atomic E-state index is 4.52. The van der Waals surface area contributed by atoms with Crippen molar-refractivity contribution in [1.82, 2.24) is 24.9 Å². The predicted molar refractivity (Wildman–Crippen MR) is 75.7 cm³/mol. The third kappa shape index (κ3) is 3.67. The van der Waals surface area contributed by atoms with Gasteiger partial charge in [-0.25, -0.2) is 0 Å². The van der Waals surface area contributed by atoms with Crippen LogP contribution in [0.4, 0.5) is 0 Å². The molecular weight excluding hydrogens is 238 g/mol. The van der Waals surface area contributed by atoms with E-state index in [4.69, 9.17) is 0 Å². The van der Waals surface area contributed by atoms with Gasteiger partial charge in [0.2, 0.25) is 0 Å². The number of aromatic nitrogens is 4. The Bertz CT molecular complexity index is 499. The zero-order chi connectivity index (χ0) is 13.7. The fourth-order valence-corrected chi connectivity index (χ4v) is 2.00. The van der Waals surface area contributed by atoms with Gasteiger partial charge in [0.25, 0.3) is 0 Å². The lowest BCUT2D eigenvalue weighted by molar-refractivity contribution is 0.527. The topological polar surface area (TPSA) is 47.7 Å². The maximum Gasteiger partial charge on any atom is 0.0791 e. The average molecular weight is 261 g/mol. The Morgan fingerprint density at radius 2 is 1.95 bits per heavy atom. The summed E-state index contributed by atoms with van der Waals surface area (Å²) in [6, 6.07) is 4.38. The molecule has 0 aromatic carbocycles. The molecule has 2 rings (SSSR count). The highest BCUT2D eigenvalue weighted by Gasteiger charge is 2.08. The third-order valence-corrected chi connectivity index (χ3v) is 3.17. The lowest BCUT2D eigenvalue weighted by Crippen LogP contribution is -2.19. The quantitative estimate of drug-likeness (QED) is 0.832. The minimum Gasteiger partial charge on any atom is -0.303 e. The van der Waals surface area contributed by atoms with Crippen LogP contribution in [0.25, 0.3) is 0 Å². The number of hydrogen-bond donors (Lipinski definition) is 1. The smallest absolute Gasteiger partial charge is 0.0791 e. The molecule has 5 heteroatoms. The second-order valence-corrected chi connectivity index (χ2v) is 4.77. The average Bonchev–Trinajstić information content (AvgIpc) is 3.05. The van der Waals surface area contributed by atoms with Crippen LogP contribution < -0.4 is 5.32 Å². The number of aryl methyl sites for hydroxylation is 2. The van der Waals surface area contributed by atoms with Gasteiger partial charge in [-0.2, -0.15) is 10.2 Å². The Labute approximate surface area is 114 Å². The SMILES string of the molecule is CCCn1ccc(CNC(C)c2ccn(CC)n2)n1. The molecule has 0 aliphatic heterocycles. The Morgan fingerprint density at radius 1 is 1.16 bits per heavy atom. The Hall–Kier alpha value is -1.62. The highest BCUT2D eigenvalue weighted by atomic mass is 15.3. The van der Waals surface area contributed by atoms with Crippen molar-refractivity contribution in [3.8, 4) is 0 Å². The van der Waals surface area contributed by atoms with E-state index in [1.165, 1.54) is 0 Å². The van der Waals surface area contributed by atoms with Crippen LogP contribution in [0.15, 0.2) is 24.5 Å². The molecule has 0 bridgehead atoms. The molecule has 1 N–H and O–H groups in total. The van der Waals surface area contributed by atoms with Gasteiger partial charge in [-0.3, -0.25) is 9.36 Å². The summed E-state index contributed by atoms with van der Waals surface area (Å²) in [7, 11) is 0. The molecular formula is C14H23N5. The second-order valence-electron chi connectivity index (χ2n) is 4.77. The molecule has 1 unspecified atom stereocenters. The van der Waals surface area contributed by atoms with Crippen molar-refractivity contribution in [2.24, 2.45) is 0 Å². The summed E-state index contributed by atoms with van der Waals surface area (Å²) in [6.45, 7) is 9.05. The summed E-state index contributed by atoms with van der Waals surface area (Å²) in [5.74, 6) is 0. The van der Waals surface area contributed by atoms with Crippen LogP contribution in [-0.2, 0) is 19.6 Å². The Morgan fingerprint density at radius 3 is 2.63 bits per heavy atom. The molecule has 0 aliphatic rings. The van der Waals surface area contributed by atoms with Crippen LogP contribution in [0, 0.1) is 0 Å². The van der Waals surface area contributed by atoms with Crippen molar-refractivity contribution >= 4 is 0 Å². The van der Waals surface area contributed by atoms with Crippen LogP contribution >= 0.6 is 0 Å². The summed E-state index contributed by atoms with van der Waals surface area (Å²) in [5, 5.41) is 12.5. The van der Waals surface area contributed by atoms with Crippen molar-refractivity contribution in [2.75, 3.05) is 0 Å². The molecule has 2 aromatic rings. The highest BCUT2D eigenvalue weighted by molar-refractivity contribution is 5.05. The standard InChI is InChI=1S/C14H23N5/c1-4-8-19-9-6-13(16-19)11-15-12(3)14-7-10-18(5-2)17-14/h6-7,9-10,12,15H,4-5,8,11H2,1-3H3. The van der Waals surface area contributed by atoms with E-state index in [2.05, 4.69) is 48.4 Å². The van der Waals surface area contributed by atoms with E-state index in [-0.39, 0.29) is 6.04 Å². The molecule has 0 amide bonds. The summed E-state index contributed by atoms with van der Waals surface area (Å²) in [4.78, 5) is 0. The number of rotatable bonds is 7. The lowest BCUT2D eigenvalue weighted by atomic mass is 10.2. The van der Waals surface area contributed by atoms with Crippen LogP contribution in [0.5, 0.6) is 0 Å². The first-order valence-corrected chi connectivity index (χ1v) is 7.02. The van der Waals surface area contributed by atoms with E-state index in [0.29, 0.717) is 0 Å². The Balaban J connectivity index is 1.86. The summed E-state index contributed by atoms with van der Waals surface area (Å²) >= 11 is 0. The van der Waals surface area contributed by atoms with Gasteiger partial charge in [-0.1, -0.05) is 6.92 Å². The largest absolute Gasteiger partial charge is 0.303 e. The minimum absolute atomic E-state index is 0.240. The fraction of sp³-hybridized carbons (Fsp3) is 0.571. The Kier molecular flexibility index (Phi) is 4.74. The molecule has 2 aromatic heterocycles. The molecule has 0 radical (unpaired) electrons. The molecule has 0 aliphatic carbocycles. The normalized spacial score (nSPS) is 12.8. The van der Waals surface area contributed by atoms with Crippen molar-refractivity contribution < 1.29 is 0 Å². The summed E-state index contributed by atoms with van der Waals surface area (Å²) < 4.78 is 3.94. The molecule has 0 saturated heterocycles. The summed E-state index contributed by atoms with van der Waals surface area (Å²) in [6.07, 6.45) is 5.17. The fourth-order valence-electron chi connectivity index (χ4n) is 2.00. The van der Waals surface area contributed by atoms with E-state index in [1.54, 1.807) is 0 Å². The van der Waals surface area contributed by atoms with E-state index >= 15 is 0 Å². The molecule has 0 spiro atoms. The van der Waals surface area contributed by atoms with Crippen molar-refractivity contribution in [2.45, 2.75) is 52.9 Å². The zero-order valence-electron chi connectivity index (χ0n) is 12.0. The van der Waals surface area contributed by atoms with Gasteiger partial charge in [0.15, 0.2) is 0 Å². The van der Waals surface area contributed by atoms with Gasteiger partial charge >= 0.3 is 0 Å². The summed E-state index contributed by atoms with van der Waals surface area (Å²) in [5.41, 5.74) is 2.16. The molecule has 104 valence electrons. The van der Waals surface area contributed by atoms with E-state index in [9.17, 15) is 0 Å². The first kappa shape index (κ1) is 13.8. The van der Waals surface area contributed by atoms with E-state index in [1.807, 2.05) is 21.8 Å². The predicted octanol–water partition coefficient (Wildman–Crippen LogP) is 2.36. The highest BCUT2D eigenvalue weighted by Crippen LogP contribution is 2.10. The minimum atomic E-state index is 0.240. The maximum absolute atomic E-state index is 4.52. The lowest BCUT2D eigenvalue weighted by Gasteiger charge is -2.10. The van der Waals surface area contributed by atoms with Crippen molar-refractivity contribution in [3.05, 3.63) is 35.9 Å². The van der Waals surface area contributed by atoms with Gasteiger partial charge in [0.1, 0.15) is 0 Å². The zero-order valence-corrected chi connectivity index (χ0v) is 12.0. The molecule has 19 heavy (non-hydrogen) atoms.